The number of aliphatic hydroxyl groups is 1. The van der Waals surface area contributed by atoms with E-state index in [-0.39, 0.29) is 0 Å². The van der Waals surface area contributed by atoms with Crippen molar-refractivity contribution in [2.24, 2.45) is 0 Å². The van der Waals surface area contributed by atoms with Crippen LogP contribution in [0.2, 0.25) is 0 Å². The minimum Gasteiger partial charge on any atom is -0.491 e. The van der Waals surface area contributed by atoms with Crippen LogP contribution in [-0.2, 0) is 0 Å². The van der Waals surface area contributed by atoms with Gasteiger partial charge in [0.1, 0.15) is 12.4 Å². The molecule has 0 aliphatic heterocycles. The summed E-state index contributed by atoms with van der Waals surface area (Å²) in [5, 5.41) is 8.94. The van der Waals surface area contributed by atoms with E-state index in [0.29, 0.717) is 6.61 Å². The maximum atomic E-state index is 8.94. The highest BCUT2D eigenvalue weighted by Crippen LogP contribution is 2.13. The van der Waals surface area contributed by atoms with Gasteiger partial charge < -0.3 is 9.84 Å². The third-order valence-corrected chi connectivity index (χ3v) is 2.02. The lowest BCUT2D eigenvalue weighted by molar-refractivity contribution is 0.122. The van der Waals surface area contributed by atoms with Gasteiger partial charge in [-0.25, -0.2) is 0 Å². The van der Waals surface area contributed by atoms with Crippen molar-refractivity contribution in [1.29, 1.82) is 0 Å². The van der Waals surface area contributed by atoms with Crippen LogP contribution in [0, 0.1) is 3.57 Å². The fraction of sp³-hybridized carbons (Fsp3) is 0.333. The smallest absolute Gasteiger partial charge is 0.119 e. The lowest BCUT2D eigenvalue weighted by Crippen LogP contribution is -2.12. The van der Waals surface area contributed by atoms with E-state index >= 15 is 0 Å². The number of hydrogen-bond donors (Lipinski definition) is 1. The van der Waals surface area contributed by atoms with Gasteiger partial charge in [0.25, 0.3) is 0 Å². The molecule has 1 rings (SSSR count). The van der Waals surface area contributed by atoms with Crippen LogP contribution in [0.25, 0.3) is 0 Å². The van der Waals surface area contributed by atoms with Crippen molar-refractivity contribution < 1.29 is 9.84 Å². The Kier molecular flexibility index (Phi) is 3.81. The lowest BCUT2D eigenvalue weighted by atomic mass is 10.3. The van der Waals surface area contributed by atoms with Crippen molar-refractivity contribution in [1.82, 2.24) is 0 Å². The maximum absolute atomic E-state index is 8.94. The Bertz CT molecular complexity index is 231. The molecule has 0 fully saturated rings. The molecular weight excluding hydrogens is 267 g/mol. The summed E-state index contributed by atoms with van der Waals surface area (Å²) in [6.45, 7) is 2.05. The molecule has 0 saturated carbocycles. The highest BCUT2D eigenvalue weighted by molar-refractivity contribution is 14.1. The normalized spacial score (nSPS) is 12.6. The lowest BCUT2D eigenvalue weighted by Gasteiger charge is -2.07. The van der Waals surface area contributed by atoms with Gasteiger partial charge in [-0.2, -0.15) is 0 Å². The van der Waals surface area contributed by atoms with E-state index in [0.717, 1.165) is 5.75 Å². The van der Waals surface area contributed by atoms with Crippen LogP contribution >= 0.6 is 22.6 Å². The SMILES string of the molecule is C[C@H](O)COc1ccc(I)cc1. The van der Waals surface area contributed by atoms with E-state index in [1.165, 1.54) is 3.57 Å². The van der Waals surface area contributed by atoms with Gasteiger partial charge >= 0.3 is 0 Å². The molecule has 0 spiro atoms. The van der Waals surface area contributed by atoms with Gasteiger partial charge in [0, 0.05) is 3.57 Å². The molecule has 0 bridgehead atoms. The molecule has 0 unspecified atom stereocenters. The largest absolute Gasteiger partial charge is 0.491 e. The highest BCUT2D eigenvalue weighted by atomic mass is 127. The topological polar surface area (TPSA) is 29.5 Å². The molecule has 1 atom stereocenters. The molecule has 0 heterocycles. The minimum atomic E-state index is -0.413. The Morgan fingerprint density at radius 2 is 2.00 bits per heavy atom. The van der Waals surface area contributed by atoms with Gasteiger partial charge in [-0.1, -0.05) is 0 Å². The Hall–Kier alpha value is -0.290. The van der Waals surface area contributed by atoms with E-state index in [2.05, 4.69) is 22.6 Å². The van der Waals surface area contributed by atoms with Gasteiger partial charge in [-0.15, -0.1) is 0 Å². The van der Waals surface area contributed by atoms with Gasteiger partial charge in [-0.3, -0.25) is 0 Å². The van der Waals surface area contributed by atoms with E-state index < -0.39 is 6.10 Å². The molecule has 0 amide bonds. The molecule has 12 heavy (non-hydrogen) atoms. The zero-order valence-electron chi connectivity index (χ0n) is 6.83. The van der Waals surface area contributed by atoms with E-state index in [1.54, 1.807) is 6.92 Å². The van der Waals surface area contributed by atoms with Crippen LogP contribution in [0.15, 0.2) is 24.3 Å². The average Bonchev–Trinajstić information content (AvgIpc) is 2.03. The predicted octanol–water partition coefficient (Wildman–Crippen LogP) is 2.05. The quantitative estimate of drug-likeness (QED) is 0.857. The molecule has 1 aromatic rings. The Labute approximate surface area is 85.7 Å². The van der Waals surface area contributed by atoms with Crippen LogP contribution in [0.5, 0.6) is 5.75 Å². The molecule has 0 aliphatic rings. The van der Waals surface area contributed by atoms with Gasteiger partial charge in [-0.05, 0) is 53.8 Å². The first-order chi connectivity index (χ1) is 5.68. The summed E-state index contributed by atoms with van der Waals surface area (Å²) in [4.78, 5) is 0. The molecule has 0 saturated heterocycles. The summed E-state index contributed by atoms with van der Waals surface area (Å²) in [5.41, 5.74) is 0. The second-order valence-corrected chi connectivity index (χ2v) is 3.86. The first kappa shape index (κ1) is 9.80. The molecule has 66 valence electrons. The fourth-order valence-corrected chi connectivity index (χ4v) is 1.11. The zero-order valence-corrected chi connectivity index (χ0v) is 8.98. The number of ether oxygens (including phenoxy) is 1. The number of aliphatic hydroxyl groups excluding tert-OH is 1. The van der Waals surface area contributed by atoms with Crippen molar-refractivity contribution in [2.75, 3.05) is 6.61 Å². The van der Waals surface area contributed by atoms with Gasteiger partial charge in [0.15, 0.2) is 0 Å². The summed E-state index contributed by atoms with van der Waals surface area (Å²) in [6.07, 6.45) is -0.413. The second-order valence-electron chi connectivity index (χ2n) is 2.61. The average molecular weight is 278 g/mol. The second kappa shape index (κ2) is 4.67. The van der Waals surface area contributed by atoms with Crippen LogP contribution in [0.1, 0.15) is 6.92 Å². The Morgan fingerprint density at radius 3 is 2.50 bits per heavy atom. The van der Waals surface area contributed by atoms with Crippen molar-refractivity contribution in [3.8, 4) is 5.75 Å². The Balaban J connectivity index is 2.48. The van der Waals surface area contributed by atoms with Crippen molar-refractivity contribution in [3.63, 3.8) is 0 Å². The number of rotatable bonds is 3. The molecular formula is C9H11IO2. The third-order valence-electron chi connectivity index (χ3n) is 1.30. The minimum absolute atomic E-state index is 0.348. The molecule has 3 heteroatoms. The van der Waals surface area contributed by atoms with Crippen LogP contribution in [-0.4, -0.2) is 17.8 Å². The van der Waals surface area contributed by atoms with E-state index in [1.807, 2.05) is 24.3 Å². The molecule has 2 nitrogen and oxygen atoms in total. The Morgan fingerprint density at radius 1 is 1.42 bits per heavy atom. The van der Waals surface area contributed by atoms with Gasteiger partial charge in [0.2, 0.25) is 0 Å². The van der Waals surface area contributed by atoms with Crippen LogP contribution < -0.4 is 4.74 Å². The number of hydrogen-bond acceptors (Lipinski definition) is 2. The standard InChI is InChI=1S/C9H11IO2/c1-7(11)6-12-9-4-2-8(10)3-5-9/h2-5,7,11H,6H2,1H3/t7-/m0/s1. The first-order valence-corrected chi connectivity index (χ1v) is 4.83. The zero-order chi connectivity index (χ0) is 8.97. The van der Waals surface area contributed by atoms with E-state index in [9.17, 15) is 0 Å². The summed E-state index contributed by atoms with van der Waals surface area (Å²) in [6, 6.07) is 7.73. The third kappa shape index (κ3) is 3.40. The summed E-state index contributed by atoms with van der Waals surface area (Å²) >= 11 is 2.23. The van der Waals surface area contributed by atoms with Gasteiger partial charge in [0.05, 0.1) is 6.10 Å². The maximum Gasteiger partial charge on any atom is 0.119 e. The van der Waals surface area contributed by atoms with Crippen molar-refractivity contribution in [3.05, 3.63) is 27.8 Å². The molecule has 0 aromatic heterocycles. The molecule has 1 N–H and O–H groups in total. The fourth-order valence-electron chi connectivity index (χ4n) is 0.748. The highest BCUT2D eigenvalue weighted by Gasteiger charge is 1.96. The van der Waals surface area contributed by atoms with Crippen molar-refractivity contribution in [2.45, 2.75) is 13.0 Å². The van der Waals surface area contributed by atoms with Crippen LogP contribution in [0.4, 0.5) is 0 Å². The van der Waals surface area contributed by atoms with Crippen LogP contribution in [0.3, 0.4) is 0 Å². The summed E-state index contributed by atoms with van der Waals surface area (Å²) < 4.78 is 6.45. The first-order valence-electron chi connectivity index (χ1n) is 3.75. The molecule has 0 radical (unpaired) electrons. The number of benzene rings is 1. The summed E-state index contributed by atoms with van der Waals surface area (Å²) in [7, 11) is 0. The number of halogens is 1. The predicted molar refractivity (Wildman–Crippen MR) is 56.3 cm³/mol. The van der Waals surface area contributed by atoms with Crippen molar-refractivity contribution >= 4 is 22.6 Å². The monoisotopic (exact) mass is 278 g/mol. The molecule has 1 aromatic carbocycles. The molecule has 0 aliphatic carbocycles. The summed E-state index contributed by atoms with van der Waals surface area (Å²) in [5.74, 6) is 0.802. The van der Waals surface area contributed by atoms with E-state index in [4.69, 9.17) is 9.84 Å².